The maximum absolute atomic E-state index is 13.7. The molecular formula is C33H29N3O7S2. The Morgan fingerprint density at radius 2 is 1.84 bits per heavy atom. The van der Waals surface area contributed by atoms with Gasteiger partial charge in [-0.1, -0.05) is 72.2 Å². The lowest BCUT2D eigenvalue weighted by Crippen LogP contribution is -2.29. The van der Waals surface area contributed by atoms with Crippen molar-refractivity contribution in [3.63, 3.8) is 0 Å². The van der Waals surface area contributed by atoms with Crippen molar-refractivity contribution in [3.05, 3.63) is 102 Å². The molecule has 2 aliphatic heterocycles. The quantitative estimate of drug-likeness (QED) is 0.0506. The number of hydrogen-bond acceptors (Lipinski definition) is 11. The van der Waals surface area contributed by atoms with Gasteiger partial charge in [-0.15, -0.1) is 10.2 Å². The molecule has 1 N–H and O–H groups in total. The number of Topliss-reactive ketones (excluding diaryl/α,β-unsaturated/α-hetero) is 1. The first kappa shape index (κ1) is 30.2. The molecule has 4 aromatic rings. The molecule has 6 rings (SSSR count). The van der Waals surface area contributed by atoms with Crippen LogP contribution in [-0.2, 0) is 15.3 Å². The average Bonchev–Trinajstić information content (AvgIpc) is 3.64. The van der Waals surface area contributed by atoms with Gasteiger partial charge in [0.25, 0.3) is 5.78 Å². The number of thioether (sulfide) groups is 1. The molecule has 0 unspecified atom stereocenters. The van der Waals surface area contributed by atoms with Gasteiger partial charge in [0.1, 0.15) is 25.6 Å². The normalized spacial score (nSPS) is 16.9. The zero-order chi connectivity index (χ0) is 31.3. The summed E-state index contributed by atoms with van der Waals surface area (Å²) in [5.41, 5.74) is 1.82. The minimum absolute atomic E-state index is 0.104. The third-order valence-electron chi connectivity index (χ3n) is 7.01. The number of carbonyl (C=O) groups excluding carboxylic acids is 2. The highest BCUT2D eigenvalue weighted by molar-refractivity contribution is 8.00. The summed E-state index contributed by atoms with van der Waals surface area (Å²) in [6.07, 6.45) is 1.62. The maximum atomic E-state index is 13.7. The number of ketones is 1. The van der Waals surface area contributed by atoms with Gasteiger partial charge >= 0.3 is 5.91 Å². The van der Waals surface area contributed by atoms with E-state index in [1.165, 1.54) is 28.0 Å². The maximum Gasteiger partial charge on any atom is 0.301 e. The van der Waals surface area contributed by atoms with E-state index in [1.807, 2.05) is 37.3 Å². The number of nitrogens with zero attached hydrogens (tertiary/aromatic N) is 3. The topological polar surface area (TPSA) is 120 Å². The Labute approximate surface area is 267 Å². The van der Waals surface area contributed by atoms with E-state index in [0.29, 0.717) is 64.0 Å². The Kier molecular flexibility index (Phi) is 9.03. The second kappa shape index (κ2) is 13.4. The van der Waals surface area contributed by atoms with Crippen LogP contribution in [0.2, 0.25) is 0 Å². The Morgan fingerprint density at radius 1 is 1.04 bits per heavy atom. The highest BCUT2D eigenvalue weighted by Crippen LogP contribution is 2.46. The number of benzene rings is 3. The van der Waals surface area contributed by atoms with E-state index in [0.717, 1.165) is 5.56 Å². The van der Waals surface area contributed by atoms with E-state index >= 15 is 0 Å². The van der Waals surface area contributed by atoms with E-state index in [1.54, 1.807) is 42.5 Å². The van der Waals surface area contributed by atoms with Gasteiger partial charge in [0.15, 0.2) is 27.3 Å². The van der Waals surface area contributed by atoms with Crippen LogP contribution in [0.25, 0.3) is 5.76 Å². The predicted molar refractivity (Wildman–Crippen MR) is 171 cm³/mol. The Hall–Kier alpha value is -4.81. The number of ether oxygens (including phenoxy) is 4. The van der Waals surface area contributed by atoms with Gasteiger partial charge in [-0.3, -0.25) is 14.5 Å². The monoisotopic (exact) mass is 643 g/mol. The lowest BCUT2D eigenvalue weighted by Gasteiger charge is -2.24. The molecule has 1 atom stereocenters. The summed E-state index contributed by atoms with van der Waals surface area (Å²) in [7, 11) is 0. The second-order valence-corrected chi connectivity index (χ2v) is 12.1. The molecule has 0 radical (unpaired) electrons. The van der Waals surface area contributed by atoms with Crippen molar-refractivity contribution in [1.29, 1.82) is 0 Å². The number of rotatable bonds is 11. The fraction of sp³-hybridized carbons (Fsp3) is 0.212. The number of carbonyl (C=O) groups is 2. The summed E-state index contributed by atoms with van der Waals surface area (Å²) in [6, 6.07) is 18.9. The van der Waals surface area contributed by atoms with E-state index in [4.69, 9.17) is 18.9 Å². The summed E-state index contributed by atoms with van der Waals surface area (Å²) in [6.45, 7) is 6.91. The molecule has 0 saturated carbocycles. The SMILES string of the molecule is C=CCOc1ccc([C@@H]2C(=C(O)c3ccc4c(c3)OCCO4)C(=O)C(=O)N2c2nnc(SCc3ccccc3)s2)cc1OCC. The molecule has 1 fully saturated rings. The molecule has 0 bridgehead atoms. The number of fused-ring (bicyclic) bond motifs is 1. The van der Waals surface area contributed by atoms with Gasteiger partial charge in [0.05, 0.1) is 18.2 Å². The van der Waals surface area contributed by atoms with Crippen LogP contribution in [0.5, 0.6) is 23.0 Å². The minimum atomic E-state index is -1.04. The summed E-state index contributed by atoms with van der Waals surface area (Å²) >= 11 is 2.67. The van der Waals surface area contributed by atoms with E-state index in [9.17, 15) is 14.7 Å². The first-order chi connectivity index (χ1) is 22.0. The fourth-order valence-corrected chi connectivity index (χ4v) is 6.82. The van der Waals surface area contributed by atoms with Gasteiger partial charge in [-0.25, -0.2) is 0 Å². The van der Waals surface area contributed by atoms with Gasteiger partial charge < -0.3 is 24.1 Å². The van der Waals surface area contributed by atoms with Crippen molar-refractivity contribution in [2.75, 3.05) is 31.3 Å². The number of aromatic nitrogens is 2. The third-order valence-corrected chi connectivity index (χ3v) is 9.13. The van der Waals surface area contributed by atoms with Crippen molar-refractivity contribution in [2.24, 2.45) is 0 Å². The first-order valence-corrected chi connectivity index (χ1v) is 16.0. The molecule has 1 aromatic heterocycles. The zero-order valence-electron chi connectivity index (χ0n) is 24.3. The standard InChI is InChI=1S/C33H29N3O7S2/c1-3-14-41-23-12-10-21(17-25(23)40-4-2)28-27(29(37)22-11-13-24-26(18-22)43-16-15-42-24)30(38)31(39)36(28)32-34-35-33(45-32)44-19-20-8-6-5-7-9-20/h3,5-13,17-18,28,37H,1,4,14-16,19H2,2H3/t28-/m1/s1. The summed E-state index contributed by atoms with van der Waals surface area (Å²) in [5.74, 6) is 0.462. The Balaban J connectivity index is 1.43. The molecular weight excluding hydrogens is 615 g/mol. The molecule has 45 heavy (non-hydrogen) atoms. The van der Waals surface area contributed by atoms with Crippen LogP contribution >= 0.6 is 23.1 Å². The molecule has 3 heterocycles. The molecule has 2 aliphatic rings. The lowest BCUT2D eigenvalue weighted by molar-refractivity contribution is -0.132. The molecule has 10 nitrogen and oxygen atoms in total. The highest BCUT2D eigenvalue weighted by Gasteiger charge is 2.48. The first-order valence-electron chi connectivity index (χ1n) is 14.2. The van der Waals surface area contributed by atoms with Crippen molar-refractivity contribution in [3.8, 4) is 23.0 Å². The van der Waals surface area contributed by atoms with Crippen LogP contribution in [0.1, 0.15) is 29.7 Å². The predicted octanol–water partition coefficient (Wildman–Crippen LogP) is 6.19. The highest BCUT2D eigenvalue weighted by atomic mass is 32.2. The summed E-state index contributed by atoms with van der Waals surface area (Å²) in [5, 5.41) is 20.5. The van der Waals surface area contributed by atoms with E-state index in [2.05, 4.69) is 16.8 Å². The van der Waals surface area contributed by atoms with Gasteiger partial charge in [0, 0.05) is 11.3 Å². The molecule has 12 heteroatoms. The number of aliphatic hydroxyl groups is 1. The molecule has 1 saturated heterocycles. The number of hydrogen-bond donors (Lipinski definition) is 1. The largest absolute Gasteiger partial charge is 0.507 e. The third kappa shape index (κ3) is 6.24. The van der Waals surface area contributed by atoms with Crippen LogP contribution in [-0.4, -0.2) is 53.4 Å². The average molecular weight is 644 g/mol. The van der Waals surface area contributed by atoms with Gasteiger partial charge in [-0.2, -0.15) is 0 Å². The molecule has 230 valence electrons. The van der Waals surface area contributed by atoms with Crippen LogP contribution < -0.4 is 23.8 Å². The zero-order valence-corrected chi connectivity index (χ0v) is 25.9. The lowest BCUT2D eigenvalue weighted by atomic mass is 9.95. The minimum Gasteiger partial charge on any atom is -0.507 e. The van der Waals surface area contributed by atoms with Gasteiger partial charge in [-0.05, 0) is 48.4 Å². The molecule has 3 aromatic carbocycles. The summed E-state index contributed by atoms with van der Waals surface area (Å²) in [4.78, 5) is 28.7. The Bertz CT molecular complexity index is 1770. The summed E-state index contributed by atoms with van der Waals surface area (Å²) < 4.78 is 23.6. The van der Waals surface area contributed by atoms with Crippen LogP contribution in [0.3, 0.4) is 0 Å². The van der Waals surface area contributed by atoms with E-state index in [-0.39, 0.29) is 23.1 Å². The molecule has 0 spiro atoms. The second-order valence-electron chi connectivity index (χ2n) is 9.89. The van der Waals surface area contributed by atoms with Gasteiger partial charge in [0.2, 0.25) is 5.13 Å². The van der Waals surface area contributed by atoms with Crippen molar-refractivity contribution < 1.29 is 33.6 Å². The number of anilines is 1. The number of aliphatic hydroxyl groups excluding tert-OH is 1. The smallest absolute Gasteiger partial charge is 0.301 e. The fourth-order valence-electron chi connectivity index (χ4n) is 5.00. The van der Waals surface area contributed by atoms with E-state index < -0.39 is 17.7 Å². The van der Waals surface area contributed by atoms with Crippen LogP contribution in [0.15, 0.2) is 89.3 Å². The van der Waals surface area contributed by atoms with Crippen molar-refractivity contribution in [1.82, 2.24) is 10.2 Å². The molecule has 1 amide bonds. The Morgan fingerprint density at radius 3 is 2.62 bits per heavy atom. The van der Waals surface area contributed by atoms with Crippen molar-refractivity contribution in [2.45, 2.75) is 23.1 Å². The van der Waals surface area contributed by atoms with Crippen molar-refractivity contribution >= 4 is 45.7 Å². The van der Waals surface area contributed by atoms with Crippen LogP contribution in [0.4, 0.5) is 5.13 Å². The number of amides is 1. The van der Waals surface area contributed by atoms with Crippen LogP contribution in [0, 0.1) is 0 Å². The molecule has 0 aliphatic carbocycles.